The van der Waals surface area contributed by atoms with Crippen molar-refractivity contribution in [2.75, 3.05) is 30.2 Å². The van der Waals surface area contributed by atoms with Gasteiger partial charge in [-0.25, -0.2) is 4.79 Å². The van der Waals surface area contributed by atoms with E-state index in [2.05, 4.69) is 5.32 Å². The third-order valence-electron chi connectivity index (χ3n) is 4.70. The number of ether oxygens (including phenoxy) is 3. The van der Waals surface area contributed by atoms with Gasteiger partial charge in [0.2, 0.25) is 12.7 Å². The number of esters is 1. The molecular weight excluding hydrogens is 388 g/mol. The quantitative estimate of drug-likeness (QED) is 0.584. The van der Waals surface area contributed by atoms with Crippen molar-refractivity contribution in [3.63, 3.8) is 0 Å². The molecule has 0 spiro atoms. The maximum atomic E-state index is 12.2. The summed E-state index contributed by atoms with van der Waals surface area (Å²) in [6.07, 6.45) is 4.09. The summed E-state index contributed by atoms with van der Waals surface area (Å²) >= 11 is 0. The molecule has 0 unspecified atom stereocenters. The molecule has 154 valence electrons. The van der Waals surface area contributed by atoms with Crippen LogP contribution in [-0.4, -0.2) is 37.7 Å². The molecule has 0 radical (unpaired) electrons. The second-order valence-electron chi connectivity index (χ2n) is 6.77. The fourth-order valence-corrected chi connectivity index (χ4v) is 3.27. The first kappa shape index (κ1) is 19.5. The van der Waals surface area contributed by atoms with Gasteiger partial charge in [-0.2, -0.15) is 0 Å². The van der Waals surface area contributed by atoms with Gasteiger partial charge in [0.1, 0.15) is 0 Å². The molecular formula is C22H20N2O6. The Hall–Kier alpha value is -3.81. The van der Waals surface area contributed by atoms with Crippen molar-refractivity contribution in [1.82, 2.24) is 0 Å². The predicted molar refractivity (Wildman–Crippen MR) is 109 cm³/mol. The van der Waals surface area contributed by atoms with Gasteiger partial charge in [-0.3, -0.25) is 9.59 Å². The van der Waals surface area contributed by atoms with Crippen LogP contribution in [0.3, 0.4) is 0 Å². The molecule has 1 saturated heterocycles. The van der Waals surface area contributed by atoms with Gasteiger partial charge < -0.3 is 24.4 Å². The van der Waals surface area contributed by atoms with Crippen LogP contribution in [0.4, 0.5) is 11.4 Å². The number of hydrogen-bond acceptors (Lipinski definition) is 6. The number of fused-ring (bicyclic) bond motifs is 1. The first-order valence-corrected chi connectivity index (χ1v) is 9.54. The van der Waals surface area contributed by atoms with E-state index in [-0.39, 0.29) is 12.7 Å². The Balaban J connectivity index is 1.31. The number of carbonyl (C=O) groups is 3. The van der Waals surface area contributed by atoms with Crippen LogP contribution >= 0.6 is 0 Å². The summed E-state index contributed by atoms with van der Waals surface area (Å²) in [4.78, 5) is 37.8. The fourth-order valence-electron chi connectivity index (χ4n) is 3.27. The number of rotatable bonds is 6. The Kier molecular flexibility index (Phi) is 5.65. The molecule has 0 aromatic heterocycles. The zero-order valence-electron chi connectivity index (χ0n) is 16.1. The van der Waals surface area contributed by atoms with Crippen LogP contribution in [0.5, 0.6) is 11.5 Å². The highest BCUT2D eigenvalue weighted by molar-refractivity contribution is 6.02. The number of amides is 2. The smallest absolute Gasteiger partial charge is 0.331 e. The van der Waals surface area contributed by atoms with Gasteiger partial charge in [-0.15, -0.1) is 0 Å². The van der Waals surface area contributed by atoms with Gasteiger partial charge in [-0.05, 0) is 42.3 Å². The highest BCUT2D eigenvalue weighted by atomic mass is 16.7. The Morgan fingerprint density at radius 3 is 2.80 bits per heavy atom. The lowest BCUT2D eigenvalue weighted by atomic mass is 10.2. The molecule has 8 nitrogen and oxygen atoms in total. The van der Waals surface area contributed by atoms with Crippen molar-refractivity contribution in [1.29, 1.82) is 0 Å². The second kappa shape index (κ2) is 8.69. The summed E-state index contributed by atoms with van der Waals surface area (Å²) in [5.41, 5.74) is 1.89. The van der Waals surface area contributed by atoms with E-state index in [1.54, 1.807) is 53.4 Å². The van der Waals surface area contributed by atoms with E-state index in [9.17, 15) is 14.4 Å². The van der Waals surface area contributed by atoms with Crippen LogP contribution in [-0.2, 0) is 19.1 Å². The molecule has 0 bridgehead atoms. The minimum atomic E-state index is -0.647. The number of anilines is 2. The van der Waals surface area contributed by atoms with E-state index >= 15 is 0 Å². The van der Waals surface area contributed by atoms with Gasteiger partial charge in [0.25, 0.3) is 5.91 Å². The summed E-state index contributed by atoms with van der Waals surface area (Å²) in [6.45, 7) is 0.354. The molecule has 2 aliphatic heterocycles. The minimum Gasteiger partial charge on any atom is -0.454 e. The van der Waals surface area contributed by atoms with E-state index < -0.39 is 18.5 Å². The molecule has 1 fully saturated rings. The van der Waals surface area contributed by atoms with Gasteiger partial charge in [0.15, 0.2) is 18.1 Å². The molecule has 1 N–H and O–H groups in total. The standard InChI is InChI=1S/C22H20N2O6/c25-20(23-16-4-1-2-5-17(16)24-11-3-6-21(24)26)13-28-22(27)10-8-15-7-9-18-19(12-15)30-14-29-18/h1-2,4-5,7-10,12H,3,6,11,13-14H2,(H,23,25)/b10-8+. The number of nitrogens with one attached hydrogen (secondary N) is 1. The van der Waals surface area contributed by atoms with Crippen molar-refractivity contribution in [2.45, 2.75) is 12.8 Å². The van der Waals surface area contributed by atoms with E-state index in [4.69, 9.17) is 14.2 Å². The van der Waals surface area contributed by atoms with Crippen LogP contribution in [0, 0.1) is 0 Å². The van der Waals surface area contributed by atoms with Crippen molar-refractivity contribution in [3.05, 3.63) is 54.1 Å². The first-order chi connectivity index (χ1) is 14.6. The zero-order valence-corrected chi connectivity index (χ0v) is 16.1. The molecule has 2 amide bonds. The maximum absolute atomic E-state index is 12.2. The maximum Gasteiger partial charge on any atom is 0.331 e. The number of para-hydroxylation sites is 2. The van der Waals surface area contributed by atoms with E-state index in [1.165, 1.54) is 6.08 Å². The zero-order chi connectivity index (χ0) is 20.9. The lowest BCUT2D eigenvalue weighted by molar-refractivity contribution is -0.142. The third-order valence-corrected chi connectivity index (χ3v) is 4.70. The Morgan fingerprint density at radius 2 is 1.97 bits per heavy atom. The Bertz CT molecular complexity index is 1020. The fraction of sp³-hybridized carbons (Fsp3) is 0.227. The number of carbonyl (C=O) groups excluding carboxylic acids is 3. The van der Waals surface area contributed by atoms with Crippen molar-refractivity contribution >= 4 is 35.2 Å². The number of nitrogens with zero attached hydrogens (tertiary/aromatic N) is 1. The minimum absolute atomic E-state index is 0.0248. The lowest BCUT2D eigenvalue weighted by Crippen LogP contribution is -2.26. The average Bonchev–Trinajstić information content (AvgIpc) is 3.39. The molecule has 4 rings (SSSR count). The molecule has 2 aliphatic rings. The van der Waals surface area contributed by atoms with Gasteiger partial charge in [0.05, 0.1) is 11.4 Å². The summed E-state index contributed by atoms with van der Waals surface area (Å²) in [5.74, 6) is 0.156. The number of hydrogen-bond donors (Lipinski definition) is 1. The Labute approximate surface area is 173 Å². The van der Waals surface area contributed by atoms with Gasteiger partial charge in [0, 0.05) is 19.0 Å². The highest BCUT2D eigenvalue weighted by Gasteiger charge is 2.24. The summed E-state index contributed by atoms with van der Waals surface area (Å²) < 4.78 is 15.5. The third kappa shape index (κ3) is 4.43. The lowest BCUT2D eigenvalue weighted by Gasteiger charge is -2.19. The molecule has 0 atom stereocenters. The SMILES string of the molecule is O=C(COC(=O)/C=C/c1ccc2c(c1)OCO2)Nc1ccccc1N1CCCC1=O. The predicted octanol–water partition coefficient (Wildman–Crippen LogP) is 2.74. The van der Waals surface area contributed by atoms with Crippen LogP contribution in [0.25, 0.3) is 6.08 Å². The summed E-state index contributed by atoms with van der Waals surface area (Å²) in [6, 6.07) is 12.3. The molecule has 30 heavy (non-hydrogen) atoms. The van der Waals surface area contributed by atoms with Crippen molar-refractivity contribution in [3.8, 4) is 11.5 Å². The first-order valence-electron chi connectivity index (χ1n) is 9.54. The van der Waals surface area contributed by atoms with Gasteiger partial charge in [-0.1, -0.05) is 18.2 Å². The highest BCUT2D eigenvalue weighted by Crippen LogP contribution is 2.33. The van der Waals surface area contributed by atoms with E-state index in [1.807, 2.05) is 0 Å². The van der Waals surface area contributed by atoms with E-state index in [0.717, 1.165) is 12.0 Å². The molecule has 2 aromatic carbocycles. The molecule has 8 heteroatoms. The second-order valence-corrected chi connectivity index (χ2v) is 6.77. The van der Waals surface area contributed by atoms with Crippen LogP contribution in [0.15, 0.2) is 48.5 Å². The Morgan fingerprint density at radius 1 is 1.13 bits per heavy atom. The summed E-state index contributed by atoms with van der Waals surface area (Å²) in [7, 11) is 0. The normalized spacial score (nSPS) is 14.9. The van der Waals surface area contributed by atoms with Crippen LogP contribution < -0.4 is 19.7 Å². The van der Waals surface area contributed by atoms with Gasteiger partial charge >= 0.3 is 5.97 Å². The topological polar surface area (TPSA) is 94.2 Å². The van der Waals surface area contributed by atoms with Crippen molar-refractivity contribution in [2.24, 2.45) is 0 Å². The summed E-state index contributed by atoms with van der Waals surface area (Å²) in [5, 5.41) is 2.70. The van der Waals surface area contributed by atoms with E-state index in [0.29, 0.717) is 35.8 Å². The molecule has 2 heterocycles. The molecule has 0 saturated carbocycles. The molecule has 0 aliphatic carbocycles. The largest absolute Gasteiger partial charge is 0.454 e. The number of benzene rings is 2. The van der Waals surface area contributed by atoms with Crippen LogP contribution in [0.1, 0.15) is 18.4 Å². The van der Waals surface area contributed by atoms with Crippen LogP contribution in [0.2, 0.25) is 0 Å². The molecule has 2 aromatic rings. The monoisotopic (exact) mass is 408 g/mol. The van der Waals surface area contributed by atoms with Crippen molar-refractivity contribution < 1.29 is 28.6 Å². The average molecular weight is 408 g/mol.